The summed E-state index contributed by atoms with van der Waals surface area (Å²) in [6, 6.07) is -7.80. The highest BCUT2D eigenvalue weighted by Crippen LogP contribution is 2.40. The van der Waals surface area contributed by atoms with E-state index in [-0.39, 0.29) is 0 Å². The Morgan fingerprint density at radius 3 is 0.772 bits per heavy atom. The second-order valence-corrected chi connectivity index (χ2v) is 30.8. The molecule has 0 spiro atoms. The number of amides is 4. The molecular weight excluding hydrogens is 1690 g/mol. The zero-order valence-electron chi connectivity index (χ0n) is 66.0. The van der Waals surface area contributed by atoms with E-state index < -0.39 is 397 Å². The van der Waals surface area contributed by atoms with Crippen LogP contribution in [0.2, 0.25) is 0 Å². The number of aliphatic hydroxyl groups excluding tert-OH is 29. The Kier molecular flexibility index (Phi) is 38.2. The highest BCUT2D eigenvalue weighted by atomic mass is 16.8. The van der Waals surface area contributed by atoms with Gasteiger partial charge in [0.25, 0.3) is 0 Å². The van der Waals surface area contributed by atoms with E-state index in [1.807, 2.05) is 0 Å². The van der Waals surface area contributed by atoms with Gasteiger partial charge in [0.1, 0.15) is 244 Å². The molecule has 0 saturated carbocycles. The smallest absolute Gasteiger partial charge is 0.217 e. The Bertz CT molecular complexity index is 3250. The first-order valence-electron chi connectivity index (χ1n) is 39.1. The van der Waals surface area contributed by atoms with Crippen molar-refractivity contribution in [3.63, 3.8) is 0 Å². The van der Waals surface area contributed by atoms with Gasteiger partial charge in [-0.2, -0.15) is 0 Å². The fourth-order valence-corrected chi connectivity index (χ4v) is 15.5. The van der Waals surface area contributed by atoms with Crippen molar-refractivity contribution in [2.24, 2.45) is 0 Å². The third-order valence-electron chi connectivity index (χ3n) is 22.1. The lowest BCUT2D eigenvalue weighted by Gasteiger charge is -2.51. The Morgan fingerprint density at radius 1 is 0.260 bits per heavy atom. The van der Waals surface area contributed by atoms with Crippen LogP contribution in [0.25, 0.3) is 0 Å². The Hall–Kier alpha value is -4.00. The predicted molar refractivity (Wildman–Crippen MR) is 378 cm³/mol. The van der Waals surface area contributed by atoms with Gasteiger partial charge in [-0.3, -0.25) is 19.2 Å². The maximum absolute atomic E-state index is 13.3. The molecule has 9 aliphatic heterocycles. The maximum Gasteiger partial charge on any atom is 0.217 e. The molecule has 0 bridgehead atoms. The predicted octanol–water partition coefficient (Wildman–Crippen LogP) is -22.6. The zero-order chi connectivity index (χ0) is 90.9. The molecule has 33 N–H and O–H groups in total. The third kappa shape index (κ3) is 23.5. The van der Waals surface area contributed by atoms with E-state index in [1.54, 1.807) is 0 Å². The standard InChI is InChI=1S/C68H116N4O51/c1-16(82)69-31-41(94)54(118-64-48(101)45(98)36(89)22(7-75)108-64)25(10-78)111-60(31)107-15-30-40(93)59(123-63-34(72-19(4)85)44(97)57(28(13-81)114-63)120-66-50(103)47(100)38(91)24(9-77)110-66)52(105)68(116-30)121-55-26(11-79)112-61(32(42(55)95)70-17(2)83)106-14-29-39(92)58(51(104)67(115-29)117-53(21(87)6-74)35(88)20(86)5-73)122-62-33(71-18(3)84)43(96)56(27(12-80)113-62)119-65-49(102)46(99)37(90)23(8-76)109-65/h20-68,73-81,86-105H,5-15H2,1-4H3,(H,69,82)(H,70,83)(H,71,84)(H,72,85)/t20-,21+,22+,23+,24+,25+,26+,27+,28+,29+,30+,31+,32+,33+,34+,35+,36-,37-,38-,39-,40-,41+,42+,43+,44+,45-,46-,47-,48+,49+,50+,51+,52+,53+,54+,55+,56+,57+,58-,59-,60+,61+,62-,63-,64-,65-,66-,67-,68-/m0/s1. The van der Waals surface area contributed by atoms with Gasteiger partial charge in [0.05, 0.1) is 72.7 Å². The van der Waals surface area contributed by atoms with E-state index in [2.05, 4.69) is 21.3 Å². The average Bonchev–Trinajstić information content (AvgIpc) is 0.785. The van der Waals surface area contributed by atoms with Gasteiger partial charge in [-0.05, 0) is 0 Å². The van der Waals surface area contributed by atoms with E-state index in [1.165, 1.54) is 0 Å². The second kappa shape index (κ2) is 45.7. The van der Waals surface area contributed by atoms with Gasteiger partial charge in [-0.25, -0.2) is 0 Å². The van der Waals surface area contributed by atoms with Crippen molar-refractivity contribution in [2.45, 2.75) is 328 Å². The van der Waals surface area contributed by atoms with Gasteiger partial charge in [0.15, 0.2) is 56.6 Å². The van der Waals surface area contributed by atoms with Gasteiger partial charge in [0.2, 0.25) is 23.6 Å². The molecule has 0 aromatic rings. The first-order valence-corrected chi connectivity index (χ1v) is 39.1. The van der Waals surface area contributed by atoms with Gasteiger partial charge in [0, 0.05) is 27.7 Å². The molecule has 9 heterocycles. The number of hydrogen-bond donors (Lipinski definition) is 33. The fourth-order valence-electron chi connectivity index (χ4n) is 15.5. The number of hydrogen-bond acceptors (Lipinski definition) is 51. The molecule has 9 saturated heterocycles. The average molecular weight is 1810 g/mol. The Morgan fingerprint density at radius 2 is 0.496 bits per heavy atom. The number of ether oxygens (including phenoxy) is 18. The lowest BCUT2D eigenvalue weighted by Crippen LogP contribution is -2.70. The van der Waals surface area contributed by atoms with Crippen LogP contribution in [0.5, 0.6) is 0 Å². The van der Waals surface area contributed by atoms with E-state index in [4.69, 9.17) is 85.3 Å². The quantitative estimate of drug-likeness (QED) is 0.0277. The molecule has 4 amide bonds. The highest BCUT2D eigenvalue weighted by molar-refractivity contribution is 5.74. The SMILES string of the molecule is CC(=O)N[C@H]1[C@H](OC[C@H]2O[C@@H](O[C@H]3[C@H](O)[C@@H](NC(C)=O)[C@H](OC[C@H]4O[C@@H](O[C@@H]([C@H](O)[C@@H](O)CO)[C@H](O)CO)[C@H](O)[C@@H](O[C@@H]5O[C@H](CO)[C@@H](O[C@@H]6O[C@H](CO)[C@H](O)[C@H](O)[C@H]6O)[C@H](O)[C@H]5NC(C)=O)[C@H]4O)O[C@@H]3CO)[C@H](O)[C@@H](O[C@@H]3O[C@H](CO)[C@@H](O[C@@H]4O[C@H](CO)[C@H](O)[C@H](O)[C@H]4O)[C@H](O)[C@H]3NC(C)=O)[C@H]2O)O[C@H](CO)[C@@H](O[C@@H]2O[C@H](CO)[C@H](O)[C@H](O)[C@H]2O)[C@@H]1O. The molecule has 55 heteroatoms. The van der Waals surface area contributed by atoms with E-state index in [0.29, 0.717) is 0 Å². The largest absolute Gasteiger partial charge is 0.394 e. The van der Waals surface area contributed by atoms with E-state index >= 15 is 0 Å². The van der Waals surface area contributed by atoms with Crippen LogP contribution in [0.4, 0.5) is 0 Å². The van der Waals surface area contributed by atoms with Gasteiger partial charge in [-0.15, -0.1) is 0 Å². The molecule has 123 heavy (non-hydrogen) atoms. The van der Waals surface area contributed by atoms with Crippen molar-refractivity contribution in [1.29, 1.82) is 0 Å². The third-order valence-corrected chi connectivity index (χ3v) is 22.1. The van der Waals surface area contributed by atoms with Gasteiger partial charge < -0.3 is 255 Å². The zero-order valence-corrected chi connectivity index (χ0v) is 66.0. The number of nitrogens with one attached hydrogen (secondary N) is 4. The van der Waals surface area contributed by atoms with Crippen LogP contribution in [0.1, 0.15) is 27.7 Å². The Labute approximate surface area is 696 Å². The van der Waals surface area contributed by atoms with Crippen molar-refractivity contribution >= 4 is 23.6 Å². The first-order chi connectivity index (χ1) is 58.2. The molecule has 0 unspecified atom stereocenters. The number of carbonyl (C=O) groups excluding carboxylic acids is 4. The molecule has 9 aliphatic rings. The van der Waals surface area contributed by atoms with E-state index in [0.717, 1.165) is 27.7 Å². The summed E-state index contributed by atoms with van der Waals surface area (Å²) in [6.45, 7) is -8.67. The minimum absolute atomic E-state index is 0.896. The lowest BCUT2D eigenvalue weighted by molar-refractivity contribution is -0.384. The van der Waals surface area contributed by atoms with E-state index in [9.17, 15) is 167 Å². The van der Waals surface area contributed by atoms with Crippen molar-refractivity contribution in [3.05, 3.63) is 0 Å². The number of carbonyl (C=O) groups is 4. The fraction of sp³-hybridized carbons (Fsp3) is 0.941. The van der Waals surface area contributed by atoms with Crippen LogP contribution in [0.3, 0.4) is 0 Å². The molecule has 9 rings (SSSR count). The summed E-state index contributed by atoms with van der Waals surface area (Å²) in [5.41, 5.74) is 0. The maximum atomic E-state index is 13.3. The normalized spacial score (nSPS) is 46.7. The van der Waals surface area contributed by atoms with Crippen LogP contribution in [0.15, 0.2) is 0 Å². The molecular formula is C68H116N4O51. The molecule has 9 fully saturated rings. The summed E-state index contributed by atoms with van der Waals surface area (Å²) in [5.74, 6) is -3.87. The second-order valence-electron chi connectivity index (χ2n) is 30.8. The molecule has 0 radical (unpaired) electrons. The molecule has 0 aromatic heterocycles. The van der Waals surface area contributed by atoms with Gasteiger partial charge >= 0.3 is 0 Å². The van der Waals surface area contributed by atoms with Crippen molar-refractivity contribution in [2.75, 3.05) is 72.7 Å². The van der Waals surface area contributed by atoms with Crippen molar-refractivity contribution in [1.82, 2.24) is 21.3 Å². The van der Waals surface area contributed by atoms with Crippen LogP contribution >= 0.6 is 0 Å². The molecule has 0 aliphatic carbocycles. The van der Waals surface area contributed by atoms with Crippen LogP contribution in [-0.4, -0.2) is 545 Å². The van der Waals surface area contributed by atoms with Crippen molar-refractivity contribution in [3.8, 4) is 0 Å². The topological polar surface area (TPSA) is 869 Å². The minimum atomic E-state index is -2.53. The first kappa shape index (κ1) is 103. The summed E-state index contributed by atoms with van der Waals surface area (Å²) in [4.78, 5) is 52.1. The Balaban J connectivity index is 1.02. The summed E-state index contributed by atoms with van der Waals surface area (Å²) in [7, 11) is 0. The molecule has 55 nitrogen and oxygen atoms in total. The molecule has 0 aromatic carbocycles. The summed E-state index contributed by atoms with van der Waals surface area (Å²) in [6.07, 6.45) is -94.5. The molecule has 714 valence electrons. The summed E-state index contributed by atoms with van der Waals surface area (Å²) in [5, 5.41) is 328. The highest BCUT2D eigenvalue weighted by Gasteiger charge is 2.61. The minimum Gasteiger partial charge on any atom is -0.394 e. The van der Waals surface area contributed by atoms with Crippen LogP contribution < -0.4 is 21.3 Å². The van der Waals surface area contributed by atoms with Crippen LogP contribution in [-0.2, 0) is 104 Å². The van der Waals surface area contributed by atoms with Gasteiger partial charge in [-0.1, -0.05) is 0 Å². The monoisotopic (exact) mass is 1800 g/mol. The molecule has 49 atom stereocenters. The van der Waals surface area contributed by atoms with Crippen molar-refractivity contribution < 1.29 is 253 Å². The number of aliphatic hydroxyl groups is 29. The summed E-state index contributed by atoms with van der Waals surface area (Å²) >= 11 is 0. The summed E-state index contributed by atoms with van der Waals surface area (Å²) < 4.78 is 106. The lowest BCUT2D eigenvalue weighted by atomic mass is 9.94. The number of rotatable bonds is 36. The van der Waals surface area contributed by atoms with Crippen LogP contribution in [0, 0.1) is 0 Å².